The summed E-state index contributed by atoms with van der Waals surface area (Å²) in [5.41, 5.74) is 0.726. The predicted molar refractivity (Wildman–Crippen MR) is 123 cm³/mol. The lowest BCUT2D eigenvalue weighted by Crippen LogP contribution is -1.97. The molecule has 0 aliphatic rings. The largest absolute Gasteiger partial charge is 0.437 e. The van der Waals surface area contributed by atoms with E-state index in [1.807, 2.05) is 60.7 Å². The van der Waals surface area contributed by atoms with Crippen LogP contribution in [-0.4, -0.2) is 9.97 Å². The van der Waals surface area contributed by atoms with Crippen LogP contribution in [0.15, 0.2) is 78.6 Å². The van der Waals surface area contributed by atoms with Crippen LogP contribution in [0.4, 0.5) is 0 Å². The number of nitrogens with zero attached hydrogens (tertiary/aromatic N) is 2. The number of hydrogen-bond donors (Lipinski definition) is 0. The molecule has 0 amide bonds. The van der Waals surface area contributed by atoms with Gasteiger partial charge in [0.05, 0.1) is 19.8 Å². The molecule has 0 atom stereocenters. The lowest BCUT2D eigenvalue weighted by Gasteiger charge is -2.12. The highest BCUT2D eigenvalue weighted by atomic mass is 79.9. The summed E-state index contributed by atoms with van der Waals surface area (Å²) in [6.45, 7) is 0. The summed E-state index contributed by atoms with van der Waals surface area (Å²) in [7, 11) is 0. The third kappa shape index (κ3) is 4.40. The molecule has 4 aromatic rings. The Balaban J connectivity index is 1.76. The van der Waals surface area contributed by atoms with E-state index in [0.717, 1.165) is 28.8 Å². The van der Waals surface area contributed by atoms with Crippen molar-refractivity contribution < 1.29 is 9.47 Å². The molecule has 0 aliphatic carbocycles. The average molecular weight is 630 g/mol. The highest BCUT2D eigenvalue weighted by Crippen LogP contribution is 2.36. The molecule has 0 saturated heterocycles. The van der Waals surface area contributed by atoms with Crippen molar-refractivity contribution in [3.05, 3.63) is 78.6 Å². The van der Waals surface area contributed by atoms with Gasteiger partial charge in [0.1, 0.15) is 11.5 Å². The number of ether oxygens (including phenoxy) is 2. The molecule has 0 bridgehead atoms. The summed E-state index contributed by atoms with van der Waals surface area (Å²) < 4.78 is 15.5. The SMILES string of the molecule is Brc1ccc(Oc2nc(Oc3ccc(Br)cc3Br)c3ccccc3n2)c(Br)c1. The Bertz CT molecular complexity index is 1180. The van der Waals surface area contributed by atoms with Gasteiger partial charge in [-0.25, -0.2) is 0 Å². The first-order valence-corrected chi connectivity index (χ1v) is 11.2. The van der Waals surface area contributed by atoms with Crippen molar-refractivity contribution in [1.29, 1.82) is 0 Å². The molecule has 0 N–H and O–H groups in total. The van der Waals surface area contributed by atoms with Crippen LogP contribution in [0.3, 0.4) is 0 Å². The summed E-state index contributed by atoms with van der Waals surface area (Å²) in [5.74, 6) is 1.66. The Morgan fingerprint density at radius 3 is 1.89 bits per heavy atom. The van der Waals surface area contributed by atoms with Gasteiger partial charge in [-0.2, -0.15) is 9.97 Å². The van der Waals surface area contributed by atoms with Gasteiger partial charge in [0.2, 0.25) is 5.88 Å². The van der Waals surface area contributed by atoms with Crippen molar-refractivity contribution in [3.63, 3.8) is 0 Å². The van der Waals surface area contributed by atoms with E-state index in [4.69, 9.17) is 9.47 Å². The topological polar surface area (TPSA) is 44.2 Å². The number of fused-ring (bicyclic) bond motifs is 1. The van der Waals surface area contributed by atoms with Crippen molar-refractivity contribution in [2.45, 2.75) is 0 Å². The van der Waals surface area contributed by atoms with Crippen molar-refractivity contribution >= 4 is 74.6 Å². The molecule has 0 aliphatic heterocycles. The van der Waals surface area contributed by atoms with Crippen LogP contribution in [0.5, 0.6) is 23.4 Å². The van der Waals surface area contributed by atoms with Crippen LogP contribution >= 0.6 is 63.7 Å². The van der Waals surface area contributed by atoms with E-state index in [9.17, 15) is 0 Å². The number of para-hydroxylation sites is 1. The molecule has 3 aromatic carbocycles. The molecular formula is C20H10Br4N2O2. The zero-order valence-corrected chi connectivity index (χ0v) is 20.3. The highest BCUT2D eigenvalue weighted by molar-refractivity contribution is 9.11. The molecule has 0 unspecified atom stereocenters. The van der Waals surface area contributed by atoms with Gasteiger partial charge in [0.25, 0.3) is 0 Å². The first-order valence-electron chi connectivity index (χ1n) is 8.02. The summed E-state index contributed by atoms with van der Waals surface area (Å²) in [6, 6.07) is 19.1. The second-order valence-electron chi connectivity index (χ2n) is 5.68. The third-order valence-corrected chi connectivity index (χ3v) is 5.97. The van der Waals surface area contributed by atoms with Gasteiger partial charge in [-0.1, -0.05) is 44.0 Å². The van der Waals surface area contributed by atoms with Crippen molar-refractivity contribution in [3.8, 4) is 23.4 Å². The fourth-order valence-electron chi connectivity index (χ4n) is 2.47. The number of rotatable bonds is 4. The predicted octanol–water partition coefficient (Wildman–Crippen LogP) is 8.26. The highest BCUT2D eigenvalue weighted by Gasteiger charge is 2.14. The monoisotopic (exact) mass is 626 g/mol. The van der Waals surface area contributed by atoms with E-state index in [2.05, 4.69) is 73.7 Å². The summed E-state index contributed by atoms with van der Waals surface area (Å²) in [5, 5.41) is 0.791. The van der Waals surface area contributed by atoms with Crippen LogP contribution in [0.25, 0.3) is 10.9 Å². The smallest absolute Gasteiger partial charge is 0.325 e. The Morgan fingerprint density at radius 2 is 1.25 bits per heavy atom. The van der Waals surface area contributed by atoms with E-state index in [0.29, 0.717) is 17.4 Å². The standard InChI is InChI=1S/C20H10Br4N2O2/c21-11-5-7-17(14(23)9-11)27-19-13-3-1-2-4-16(13)25-20(26-19)28-18-8-6-12(22)10-15(18)24/h1-10H. The molecule has 0 spiro atoms. The van der Waals surface area contributed by atoms with Gasteiger partial charge in [0.15, 0.2) is 0 Å². The maximum atomic E-state index is 6.09. The molecule has 140 valence electrons. The fraction of sp³-hybridized carbons (Fsp3) is 0. The van der Waals surface area contributed by atoms with Crippen molar-refractivity contribution in [1.82, 2.24) is 9.97 Å². The van der Waals surface area contributed by atoms with Gasteiger partial charge in [0, 0.05) is 8.95 Å². The Hall–Kier alpha value is -1.48. The maximum Gasteiger partial charge on any atom is 0.325 e. The van der Waals surface area contributed by atoms with E-state index < -0.39 is 0 Å². The molecule has 28 heavy (non-hydrogen) atoms. The number of benzene rings is 3. The summed E-state index contributed by atoms with van der Waals surface area (Å²) in [4.78, 5) is 9.01. The molecular weight excluding hydrogens is 620 g/mol. The number of aromatic nitrogens is 2. The minimum absolute atomic E-state index is 0.199. The number of halogens is 4. The molecule has 1 aromatic heterocycles. The molecule has 0 radical (unpaired) electrons. The second kappa shape index (κ2) is 8.49. The summed E-state index contributed by atoms with van der Waals surface area (Å²) in [6.07, 6.45) is 0. The molecule has 1 heterocycles. The van der Waals surface area contributed by atoms with Gasteiger partial charge in [-0.05, 0) is 80.4 Å². The summed E-state index contributed by atoms with van der Waals surface area (Å²) >= 11 is 13.9. The lowest BCUT2D eigenvalue weighted by atomic mass is 10.2. The zero-order chi connectivity index (χ0) is 19.7. The molecule has 4 nitrogen and oxygen atoms in total. The van der Waals surface area contributed by atoms with E-state index in [1.54, 1.807) is 0 Å². The first-order chi connectivity index (χ1) is 13.5. The van der Waals surface area contributed by atoms with E-state index in [-0.39, 0.29) is 6.01 Å². The lowest BCUT2D eigenvalue weighted by molar-refractivity contribution is 0.414. The Labute approximate surface area is 194 Å². The van der Waals surface area contributed by atoms with Crippen LogP contribution in [-0.2, 0) is 0 Å². The van der Waals surface area contributed by atoms with Crippen molar-refractivity contribution in [2.75, 3.05) is 0 Å². The second-order valence-corrected chi connectivity index (χ2v) is 9.22. The van der Waals surface area contributed by atoms with Crippen molar-refractivity contribution in [2.24, 2.45) is 0 Å². The normalized spacial score (nSPS) is 10.9. The van der Waals surface area contributed by atoms with Gasteiger partial charge >= 0.3 is 6.01 Å². The minimum atomic E-state index is 0.199. The Kier molecular flexibility index (Phi) is 6.01. The van der Waals surface area contributed by atoms with Crippen LogP contribution in [0, 0.1) is 0 Å². The molecule has 0 saturated carbocycles. The first kappa shape index (κ1) is 19.8. The molecule has 4 rings (SSSR count). The van der Waals surface area contributed by atoms with Gasteiger partial charge < -0.3 is 9.47 Å². The fourth-order valence-corrected chi connectivity index (χ4v) is 4.73. The van der Waals surface area contributed by atoms with E-state index >= 15 is 0 Å². The minimum Gasteiger partial charge on any atom is -0.437 e. The van der Waals surface area contributed by atoms with Gasteiger partial charge in [-0.3, -0.25) is 0 Å². The van der Waals surface area contributed by atoms with Crippen LogP contribution < -0.4 is 9.47 Å². The third-order valence-electron chi connectivity index (χ3n) is 3.74. The zero-order valence-electron chi connectivity index (χ0n) is 14.0. The van der Waals surface area contributed by atoms with Crippen LogP contribution in [0.2, 0.25) is 0 Å². The Morgan fingerprint density at radius 1 is 0.643 bits per heavy atom. The van der Waals surface area contributed by atoms with Gasteiger partial charge in [-0.15, -0.1) is 0 Å². The average Bonchev–Trinajstić information content (AvgIpc) is 2.66. The molecule has 8 heteroatoms. The van der Waals surface area contributed by atoms with Crippen LogP contribution in [0.1, 0.15) is 0 Å². The maximum absolute atomic E-state index is 6.09. The molecule has 0 fully saturated rings. The quantitative estimate of drug-likeness (QED) is 0.228. The number of hydrogen-bond acceptors (Lipinski definition) is 4. The van der Waals surface area contributed by atoms with E-state index in [1.165, 1.54) is 0 Å².